The van der Waals surface area contributed by atoms with Crippen LogP contribution in [-0.2, 0) is 4.79 Å². The van der Waals surface area contributed by atoms with Gasteiger partial charge in [0.1, 0.15) is 5.78 Å². The van der Waals surface area contributed by atoms with Gasteiger partial charge in [-0.1, -0.05) is 18.1 Å². The Morgan fingerprint density at radius 3 is 3.07 bits per heavy atom. The summed E-state index contributed by atoms with van der Waals surface area (Å²) in [4.78, 5) is 11.4. The van der Waals surface area contributed by atoms with Crippen LogP contribution in [0.1, 0.15) is 44.9 Å². The first-order valence-electron chi connectivity index (χ1n) is 5.60. The molecule has 0 heterocycles. The molecule has 0 saturated heterocycles. The number of rotatable bonds is 0. The maximum absolute atomic E-state index is 11.4. The molecule has 0 spiro atoms. The first-order chi connectivity index (χ1) is 6.75. The average molecular weight is 213 g/mol. The molecule has 0 amide bonds. The quantitative estimate of drug-likeness (QED) is 0.444. The van der Waals surface area contributed by atoms with Gasteiger partial charge in [0.05, 0.1) is 0 Å². The van der Waals surface area contributed by atoms with Crippen molar-refractivity contribution in [2.75, 3.05) is 0 Å². The number of ketones is 1. The summed E-state index contributed by atoms with van der Waals surface area (Å²) in [6.07, 6.45) is 9.48. The van der Waals surface area contributed by atoms with E-state index >= 15 is 0 Å². The molecule has 0 N–H and O–H groups in total. The topological polar surface area (TPSA) is 17.1 Å². The number of carbonyl (C=O) groups is 1. The summed E-state index contributed by atoms with van der Waals surface area (Å²) in [6.45, 7) is 0. The lowest BCUT2D eigenvalue weighted by Gasteiger charge is -2.28. The molecule has 0 bridgehead atoms. The zero-order valence-corrected chi connectivity index (χ0v) is 9.22. The van der Waals surface area contributed by atoms with Crippen LogP contribution in [0.5, 0.6) is 0 Å². The van der Waals surface area contributed by atoms with E-state index < -0.39 is 0 Å². The van der Waals surface area contributed by atoms with E-state index in [0.29, 0.717) is 24.5 Å². The van der Waals surface area contributed by atoms with Crippen molar-refractivity contribution in [1.29, 1.82) is 0 Å². The number of carbonyl (C=O) groups excluding carboxylic acids is 1. The van der Waals surface area contributed by atoms with Crippen LogP contribution in [0.4, 0.5) is 0 Å². The van der Waals surface area contributed by atoms with Gasteiger partial charge in [0.15, 0.2) is 0 Å². The zero-order valence-electron chi connectivity index (χ0n) is 8.47. The van der Waals surface area contributed by atoms with Crippen molar-refractivity contribution in [2.24, 2.45) is 5.92 Å². The van der Waals surface area contributed by atoms with E-state index in [0.717, 1.165) is 6.42 Å². The van der Waals surface area contributed by atoms with Crippen LogP contribution >= 0.6 is 11.6 Å². The van der Waals surface area contributed by atoms with Gasteiger partial charge < -0.3 is 0 Å². The SMILES string of the molecule is O=C1C/C=C2/CCCCC2CC(Cl)C1. The highest BCUT2D eigenvalue weighted by molar-refractivity contribution is 6.21. The highest BCUT2D eigenvalue weighted by Gasteiger charge is 2.24. The molecule has 0 aliphatic heterocycles. The third-order valence-corrected chi connectivity index (χ3v) is 3.71. The lowest BCUT2D eigenvalue weighted by atomic mass is 9.79. The standard InChI is InChI=1S/C12H17ClO/c13-11-7-10-4-2-1-3-9(10)5-6-12(14)8-11/h5,10-11H,1-4,6-8H2/b9-5-. The van der Waals surface area contributed by atoms with Gasteiger partial charge in [-0.15, -0.1) is 11.6 Å². The summed E-state index contributed by atoms with van der Waals surface area (Å²) >= 11 is 6.16. The van der Waals surface area contributed by atoms with E-state index in [4.69, 9.17) is 11.6 Å². The van der Waals surface area contributed by atoms with Crippen molar-refractivity contribution in [3.63, 3.8) is 0 Å². The fourth-order valence-electron chi connectivity index (χ4n) is 2.61. The predicted octanol–water partition coefficient (Wildman–Crippen LogP) is 3.46. The lowest BCUT2D eigenvalue weighted by Crippen LogP contribution is -2.20. The van der Waals surface area contributed by atoms with Crippen molar-refractivity contribution in [3.8, 4) is 0 Å². The summed E-state index contributed by atoms with van der Waals surface area (Å²) in [6, 6.07) is 0. The fourth-order valence-corrected chi connectivity index (χ4v) is 3.00. The number of Topliss-reactive ketones (excluding diaryl/α,β-unsaturated/α-hetero) is 1. The van der Waals surface area contributed by atoms with Crippen molar-refractivity contribution >= 4 is 17.4 Å². The molecule has 2 aliphatic rings. The summed E-state index contributed by atoms with van der Waals surface area (Å²) < 4.78 is 0. The molecule has 2 rings (SSSR count). The second kappa shape index (κ2) is 4.48. The third-order valence-electron chi connectivity index (χ3n) is 3.37. The largest absolute Gasteiger partial charge is 0.299 e. The van der Waals surface area contributed by atoms with E-state index in [9.17, 15) is 4.79 Å². The second-order valence-corrected chi connectivity index (χ2v) is 5.12. The number of halogens is 1. The Balaban J connectivity index is 2.12. The highest BCUT2D eigenvalue weighted by atomic mass is 35.5. The molecule has 0 aromatic carbocycles. The van der Waals surface area contributed by atoms with Crippen molar-refractivity contribution < 1.29 is 4.79 Å². The summed E-state index contributed by atoms with van der Waals surface area (Å²) in [5, 5.41) is 0.0781. The van der Waals surface area contributed by atoms with Crippen LogP contribution in [0.15, 0.2) is 11.6 Å². The highest BCUT2D eigenvalue weighted by Crippen LogP contribution is 2.35. The molecule has 2 atom stereocenters. The molecule has 0 aromatic rings. The molecule has 78 valence electrons. The number of allylic oxidation sites excluding steroid dienone is 2. The molecular formula is C12H17ClO. The normalized spacial score (nSPS) is 37.8. The van der Waals surface area contributed by atoms with E-state index in [1.165, 1.54) is 31.3 Å². The first-order valence-corrected chi connectivity index (χ1v) is 6.04. The molecule has 2 heteroatoms. The van der Waals surface area contributed by atoms with E-state index in [1.54, 1.807) is 0 Å². The Hall–Kier alpha value is -0.300. The van der Waals surface area contributed by atoms with Crippen LogP contribution in [0.3, 0.4) is 0 Å². The lowest BCUT2D eigenvalue weighted by molar-refractivity contribution is -0.118. The van der Waals surface area contributed by atoms with E-state index in [1.807, 2.05) is 0 Å². The minimum absolute atomic E-state index is 0.0781. The number of fused-ring (bicyclic) bond motifs is 1. The minimum Gasteiger partial charge on any atom is -0.299 e. The third kappa shape index (κ3) is 2.38. The Morgan fingerprint density at radius 1 is 1.36 bits per heavy atom. The molecule has 0 radical (unpaired) electrons. The summed E-state index contributed by atoms with van der Waals surface area (Å²) in [5.41, 5.74) is 1.51. The second-order valence-electron chi connectivity index (χ2n) is 4.50. The number of hydrogen-bond donors (Lipinski definition) is 0. The van der Waals surface area contributed by atoms with Crippen LogP contribution in [-0.4, -0.2) is 11.2 Å². The van der Waals surface area contributed by atoms with Gasteiger partial charge in [-0.05, 0) is 31.6 Å². The van der Waals surface area contributed by atoms with Gasteiger partial charge in [-0.2, -0.15) is 0 Å². The van der Waals surface area contributed by atoms with Crippen molar-refractivity contribution in [2.45, 2.75) is 50.3 Å². The zero-order chi connectivity index (χ0) is 9.97. The Bertz CT molecular complexity index is 257. The van der Waals surface area contributed by atoms with Crippen LogP contribution in [0.25, 0.3) is 0 Å². The maximum Gasteiger partial charge on any atom is 0.138 e. The molecule has 1 nitrogen and oxygen atoms in total. The first kappa shape index (κ1) is 10.2. The Kier molecular flexibility index (Phi) is 3.27. The van der Waals surface area contributed by atoms with Crippen LogP contribution in [0, 0.1) is 5.92 Å². The average Bonchev–Trinajstić information content (AvgIpc) is 2.14. The molecule has 2 unspecified atom stereocenters. The van der Waals surface area contributed by atoms with E-state index in [-0.39, 0.29) is 5.38 Å². The van der Waals surface area contributed by atoms with Gasteiger partial charge >= 0.3 is 0 Å². The number of hydrogen-bond acceptors (Lipinski definition) is 1. The molecule has 1 saturated carbocycles. The van der Waals surface area contributed by atoms with Gasteiger partial charge in [-0.25, -0.2) is 0 Å². The van der Waals surface area contributed by atoms with Gasteiger partial charge in [0, 0.05) is 18.2 Å². The maximum atomic E-state index is 11.4. The molecule has 1 fully saturated rings. The molecule has 0 aromatic heterocycles. The smallest absolute Gasteiger partial charge is 0.138 e. The van der Waals surface area contributed by atoms with Gasteiger partial charge in [-0.3, -0.25) is 4.79 Å². The predicted molar refractivity (Wildman–Crippen MR) is 58.5 cm³/mol. The van der Waals surface area contributed by atoms with Crippen molar-refractivity contribution in [1.82, 2.24) is 0 Å². The summed E-state index contributed by atoms with van der Waals surface area (Å²) in [7, 11) is 0. The van der Waals surface area contributed by atoms with Crippen LogP contribution < -0.4 is 0 Å². The number of alkyl halides is 1. The Morgan fingerprint density at radius 2 is 2.21 bits per heavy atom. The van der Waals surface area contributed by atoms with Crippen LogP contribution in [0.2, 0.25) is 0 Å². The van der Waals surface area contributed by atoms with E-state index in [2.05, 4.69) is 6.08 Å². The van der Waals surface area contributed by atoms with Crippen molar-refractivity contribution in [3.05, 3.63) is 11.6 Å². The molecule has 2 aliphatic carbocycles. The molecular weight excluding hydrogens is 196 g/mol. The summed E-state index contributed by atoms with van der Waals surface area (Å²) in [5.74, 6) is 0.987. The fraction of sp³-hybridized carbons (Fsp3) is 0.750. The van der Waals surface area contributed by atoms with Gasteiger partial charge in [0.25, 0.3) is 0 Å². The molecule has 14 heavy (non-hydrogen) atoms. The Labute approximate surface area is 90.5 Å². The minimum atomic E-state index is 0.0781. The van der Waals surface area contributed by atoms with Gasteiger partial charge in [0.2, 0.25) is 0 Å². The monoisotopic (exact) mass is 212 g/mol.